The Hall–Kier alpha value is -1.47. The molecule has 0 saturated carbocycles. The lowest BCUT2D eigenvalue weighted by atomic mass is 9.71. The number of carbonyl (C=O) groups is 1. The molecule has 6 nitrogen and oxygen atoms in total. The summed E-state index contributed by atoms with van der Waals surface area (Å²) in [5, 5.41) is 14.9. The number of halogens is 1. The summed E-state index contributed by atoms with van der Waals surface area (Å²) in [6.07, 6.45) is 8.31. The zero-order valence-corrected chi connectivity index (χ0v) is 15.5. The first-order valence-corrected chi connectivity index (χ1v) is 9.84. The van der Waals surface area contributed by atoms with Gasteiger partial charge in [-0.3, -0.25) is 13.9 Å². The Morgan fingerprint density at radius 1 is 1.27 bits per heavy atom. The highest BCUT2D eigenvalue weighted by Gasteiger charge is 2.46. The molecule has 26 heavy (non-hydrogen) atoms. The minimum Gasteiger partial charge on any atom is -0.392 e. The molecule has 7 heteroatoms. The second-order valence-electron chi connectivity index (χ2n) is 7.82. The summed E-state index contributed by atoms with van der Waals surface area (Å²) in [5.41, 5.74) is -0.226. The molecular weight excluding hydrogens is 335 g/mol. The molecule has 2 atom stereocenters. The Morgan fingerprint density at radius 3 is 2.92 bits per heavy atom. The van der Waals surface area contributed by atoms with Gasteiger partial charge in [-0.1, -0.05) is 0 Å². The van der Waals surface area contributed by atoms with Gasteiger partial charge in [0.1, 0.15) is 6.54 Å². The molecule has 1 aromatic rings. The maximum atomic E-state index is 12.7. The topological polar surface area (TPSA) is 61.6 Å². The second kappa shape index (κ2) is 8.95. The van der Waals surface area contributed by atoms with Gasteiger partial charge >= 0.3 is 0 Å². The van der Waals surface area contributed by atoms with Crippen LogP contribution in [-0.2, 0) is 11.3 Å². The number of hydrogen-bond donors (Lipinski definition) is 1. The molecule has 0 aliphatic carbocycles. The van der Waals surface area contributed by atoms with Crippen molar-refractivity contribution >= 4 is 5.91 Å². The fraction of sp³-hybridized carbons (Fsp3) is 0.789. The standard InChI is InChI=1S/C19H31FN4O2/c20-8-2-1-3-10-22-13-6-17(25)19(15-22)7-4-11-23(16-19)18(26)14-24-12-5-9-21-24/h5,9,12,17,25H,1-4,6-8,10-11,13-16H2/t17-,19-/m1/s1. The van der Waals surface area contributed by atoms with Gasteiger partial charge in [-0.2, -0.15) is 5.10 Å². The monoisotopic (exact) mass is 366 g/mol. The minimum absolute atomic E-state index is 0.0695. The number of hydrogen-bond acceptors (Lipinski definition) is 4. The van der Waals surface area contributed by atoms with E-state index in [4.69, 9.17) is 0 Å². The van der Waals surface area contributed by atoms with Crippen molar-refractivity contribution in [2.45, 2.75) is 51.2 Å². The van der Waals surface area contributed by atoms with E-state index < -0.39 is 0 Å². The minimum atomic E-state index is -0.357. The van der Waals surface area contributed by atoms with Gasteiger partial charge in [0.25, 0.3) is 0 Å². The SMILES string of the molecule is O=C(Cn1cccn1)N1CCC[C@@]2(CN(CCCCCF)CC[C@H]2O)C1. The Bertz CT molecular complexity index is 568. The van der Waals surface area contributed by atoms with Crippen LogP contribution in [0.1, 0.15) is 38.5 Å². The number of rotatable bonds is 7. The molecule has 3 heterocycles. The number of alkyl halides is 1. The molecule has 2 aliphatic heterocycles. The number of unbranched alkanes of at least 4 members (excludes halogenated alkanes) is 2. The van der Waals surface area contributed by atoms with E-state index in [0.717, 1.165) is 58.3 Å². The number of amides is 1. The molecule has 0 bridgehead atoms. The van der Waals surface area contributed by atoms with Gasteiger partial charge in [0.2, 0.25) is 5.91 Å². The van der Waals surface area contributed by atoms with Gasteiger partial charge in [0.15, 0.2) is 0 Å². The molecule has 2 fully saturated rings. The molecule has 146 valence electrons. The summed E-state index contributed by atoms with van der Waals surface area (Å²) in [6.45, 7) is 4.06. The molecule has 0 aromatic carbocycles. The van der Waals surface area contributed by atoms with E-state index in [1.807, 2.05) is 11.0 Å². The third-order valence-corrected chi connectivity index (χ3v) is 5.89. The van der Waals surface area contributed by atoms with E-state index in [1.165, 1.54) is 0 Å². The molecule has 1 aromatic heterocycles. The molecule has 0 radical (unpaired) electrons. The predicted octanol–water partition coefficient (Wildman–Crippen LogP) is 1.70. The van der Waals surface area contributed by atoms with Crippen LogP contribution in [-0.4, -0.2) is 76.1 Å². The molecule has 1 N–H and O–H groups in total. The fourth-order valence-corrected chi connectivity index (χ4v) is 4.45. The quantitative estimate of drug-likeness (QED) is 0.746. The van der Waals surface area contributed by atoms with Crippen LogP contribution in [0.2, 0.25) is 0 Å². The molecule has 2 aliphatic rings. The largest absolute Gasteiger partial charge is 0.392 e. The Morgan fingerprint density at radius 2 is 2.15 bits per heavy atom. The van der Waals surface area contributed by atoms with Crippen molar-refractivity contribution in [2.24, 2.45) is 5.41 Å². The zero-order valence-electron chi connectivity index (χ0n) is 15.5. The first kappa shape index (κ1) is 19.3. The molecule has 1 spiro atoms. The van der Waals surface area contributed by atoms with Crippen LogP contribution >= 0.6 is 0 Å². The third-order valence-electron chi connectivity index (χ3n) is 5.89. The lowest BCUT2D eigenvalue weighted by Crippen LogP contribution is -2.60. The summed E-state index contributed by atoms with van der Waals surface area (Å²) in [6, 6.07) is 1.82. The molecule has 1 amide bonds. The van der Waals surface area contributed by atoms with Gasteiger partial charge < -0.3 is 14.9 Å². The van der Waals surface area contributed by atoms with Gasteiger partial charge in [0.05, 0.1) is 12.8 Å². The van der Waals surface area contributed by atoms with E-state index in [9.17, 15) is 14.3 Å². The smallest absolute Gasteiger partial charge is 0.244 e. The summed E-state index contributed by atoms with van der Waals surface area (Å²) in [5.74, 6) is 0.0695. The molecule has 3 rings (SSSR count). The molecular formula is C19H31FN4O2. The van der Waals surface area contributed by atoms with E-state index >= 15 is 0 Å². The van der Waals surface area contributed by atoms with Crippen LogP contribution in [0.4, 0.5) is 4.39 Å². The Labute approximate surface area is 155 Å². The average molecular weight is 366 g/mol. The van der Waals surface area contributed by atoms with Crippen molar-refractivity contribution in [1.82, 2.24) is 19.6 Å². The predicted molar refractivity (Wildman–Crippen MR) is 97.4 cm³/mol. The van der Waals surface area contributed by atoms with E-state index in [0.29, 0.717) is 13.0 Å². The Balaban J connectivity index is 1.58. The first-order valence-electron chi connectivity index (χ1n) is 9.84. The lowest BCUT2D eigenvalue weighted by molar-refractivity contribution is -0.142. The number of carbonyl (C=O) groups excluding carboxylic acids is 1. The Kier molecular flexibility index (Phi) is 6.64. The van der Waals surface area contributed by atoms with Gasteiger partial charge in [-0.25, -0.2) is 0 Å². The van der Waals surface area contributed by atoms with Crippen LogP contribution in [0, 0.1) is 5.41 Å². The number of likely N-dealkylation sites (tertiary alicyclic amines) is 2. The van der Waals surface area contributed by atoms with E-state index in [-0.39, 0.29) is 30.6 Å². The fourth-order valence-electron chi connectivity index (χ4n) is 4.45. The third kappa shape index (κ3) is 4.62. The number of aliphatic hydroxyl groups is 1. The highest BCUT2D eigenvalue weighted by Crippen LogP contribution is 2.39. The van der Waals surface area contributed by atoms with Crippen LogP contribution in [0.25, 0.3) is 0 Å². The first-order chi connectivity index (χ1) is 12.6. The number of piperidine rings is 2. The van der Waals surface area contributed by atoms with Gasteiger partial charge in [-0.05, 0) is 51.1 Å². The summed E-state index contributed by atoms with van der Waals surface area (Å²) < 4.78 is 13.9. The number of aromatic nitrogens is 2. The highest BCUT2D eigenvalue weighted by atomic mass is 19.1. The zero-order chi connectivity index (χ0) is 18.4. The van der Waals surface area contributed by atoms with Gasteiger partial charge in [-0.15, -0.1) is 0 Å². The van der Waals surface area contributed by atoms with Crippen LogP contribution < -0.4 is 0 Å². The number of nitrogens with zero attached hydrogens (tertiary/aromatic N) is 4. The summed E-state index contributed by atoms with van der Waals surface area (Å²) in [7, 11) is 0. The van der Waals surface area contributed by atoms with Crippen LogP contribution in [0.15, 0.2) is 18.5 Å². The highest BCUT2D eigenvalue weighted by molar-refractivity contribution is 5.76. The van der Waals surface area contributed by atoms with Crippen molar-refractivity contribution < 1.29 is 14.3 Å². The number of aliphatic hydroxyl groups excluding tert-OH is 1. The van der Waals surface area contributed by atoms with E-state index in [1.54, 1.807) is 17.1 Å². The average Bonchev–Trinajstić information content (AvgIpc) is 3.15. The van der Waals surface area contributed by atoms with Crippen LogP contribution in [0.5, 0.6) is 0 Å². The van der Waals surface area contributed by atoms with E-state index in [2.05, 4.69) is 10.00 Å². The van der Waals surface area contributed by atoms with Crippen molar-refractivity contribution in [3.8, 4) is 0 Å². The summed E-state index contributed by atoms with van der Waals surface area (Å²) in [4.78, 5) is 17.0. The maximum absolute atomic E-state index is 12.7. The van der Waals surface area contributed by atoms with Crippen molar-refractivity contribution in [1.29, 1.82) is 0 Å². The van der Waals surface area contributed by atoms with Crippen molar-refractivity contribution in [3.63, 3.8) is 0 Å². The second-order valence-corrected chi connectivity index (χ2v) is 7.82. The molecule has 2 saturated heterocycles. The summed E-state index contributed by atoms with van der Waals surface area (Å²) >= 11 is 0. The molecule has 0 unspecified atom stereocenters. The maximum Gasteiger partial charge on any atom is 0.244 e. The van der Waals surface area contributed by atoms with Crippen molar-refractivity contribution in [2.75, 3.05) is 39.4 Å². The van der Waals surface area contributed by atoms with Gasteiger partial charge in [0, 0.05) is 44.0 Å². The van der Waals surface area contributed by atoms with Crippen LogP contribution in [0.3, 0.4) is 0 Å². The normalized spacial score (nSPS) is 27.2. The van der Waals surface area contributed by atoms with Crippen molar-refractivity contribution in [3.05, 3.63) is 18.5 Å². The lowest BCUT2D eigenvalue weighted by Gasteiger charge is -2.51.